The molecule has 7 N–H and O–H groups in total. The average molecular weight is 211 g/mol. The number of rotatable bonds is 6. The molecule has 1 amide bonds. The molecule has 0 aromatic carbocycles. The summed E-state index contributed by atoms with van der Waals surface area (Å²) in [4.78, 5) is 14.7. The van der Waals surface area contributed by atoms with Gasteiger partial charge in [-0.05, 0) is 12.8 Å². The number of nitrogens with zero attached hydrogens (tertiary/aromatic N) is 1. The molecule has 84 valence electrons. The van der Waals surface area contributed by atoms with E-state index in [9.17, 15) is 4.79 Å². The van der Waals surface area contributed by atoms with E-state index in [1.807, 2.05) is 0 Å². The van der Waals surface area contributed by atoms with Crippen molar-refractivity contribution in [3.63, 3.8) is 0 Å². The summed E-state index contributed by atoms with van der Waals surface area (Å²) in [6.07, 6.45) is 6.56. The summed E-state index contributed by atoms with van der Waals surface area (Å²) in [7, 11) is 0. The molecular formula is C9H17N5O. The van der Waals surface area contributed by atoms with Gasteiger partial charge in [0.05, 0.1) is 12.6 Å². The molecule has 0 aliphatic heterocycles. The molecule has 0 aliphatic carbocycles. The van der Waals surface area contributed by atoms with E-state index in [1.54, 1.807) is 0 Å². The zero-order chi connectivity index (χ0) is 11.7. The highest BCUT2D eigenvalue weighted by Gasteiger charge is 2.06. The van der Waals surface area contributed by atoms with E-state index in [-0.39, 0.29) is 24.5 Å². The lowest BCUT2D eigenvalue weighted by atomic mass is 10.1. The fraction of sp³-hybridized carbons (Fsp3) is 0.556. The fourth-order valence-electron chi connectivity index (χ4n) is 0.954. The number of nitrogens with two attached hydrogens (primary N) is 3. The van der Waals surface area contributed by atoms with E-state index in [0.717, 1.165) is 0 Å². The summed E-state index contributed by atoms with van der Waals surface area (Å²) in [6, 6.07) is -0.310. The lowest BCUT2D eigenvalue weighted by molar-refractivity contribution is -0.120. The summed E-state index contributed by atoms with van der Waals surface area (Å²) in [5.74, 6) is 2.25. The van der Waals surface area contributed by atoms with Gasteiger partial charge in [0.1, 0.15) is 0 Å². The van der Waals surface area contributed by atoms with Crippen molar-refractivity contribution in [2.45, 2.75) is 18.9 Å². The number of hydrogen-bond acceptors (Lipinski definition) is 3. The van der Waals surface area contributed by atoms with Gasteiger partial charge in [0.2, 0.25) is 5.91 Å². The monoisotopic (exact) mass is 211 g/mol. The summed E-state index contributed by atoms with van der Waals surface area (Å²) in [5, 5.41) is 2.59. The quantitative estimate of drug-likeness (QED) is 0.178. The van der Waals surface area contributed by atoms with Gasteiger partial charge < -0.3 is 22.5 Å². The van der Waals surface area contributed by atoms with Gasteiger partial charge in [-0.3, -0.25) is 9.79 Å². The van der Waals surface area contributed by atoms with E-state index in [2.05, 4.69) is 16.2 Å². The number of amides is 1. The molecule has 1 atom stereocenters. The number of carbonyl (C=O) groups is 1. The first kappa shape index (κ1) is 13.3. The Morgan fingerprint density at radius 2 is 2.20 bits per heavy atom. The summed E-state index contributed by atoms with van der Waals surface area (Å²) in [6.45, 7) is 0.436. The topological polar surface area (TPSA) is 120 Å². The van der Waals surface area contributed by atoms with E-state index < -0.39 is 0 Å². The minimum Gasteiger partial charge on any atom is -0.370 e. The SMILES string of the molecule is C#CC(CCCN=C(N)N)NC(=O)CN. The van der Waals surface area contributed by atoms with Crippen LogP contribution in [0.15, 0.2) is 4.99 Å². The third-order valence-corrected chi connectivity index (χ3v) is 1.67. The maximum Gasteiger partial charge on any atom is 0.234 e. The molecule has 0 aromatic rings. The Balaban J connectivity index is 3.77. The number of aliphatic imine (C=N–C) groups is 1. The van der Waals surface area contributed by atoms with Crippen LogP contribution in [0.3, 0.4) is 0 Å². The van der Waals surface area contributed by atoms with Gasteiger partial charge in [0, 0.05) is 6.54 Å². The molecule has 6 nitrogen and oxygen atoms in total. The largest absolute Gasteiger partial charge is 0.370 e. The Morgan fingerprint density at radius 1 is 1.53 bits per heavy atom. The van der Waals surface area contributed by atoms with Crippen LogP contribution in [0, 0.1) is 12.3 Å². The van der Waals surface area contributed by atoms with Crippen molar-refractivity contribution in [2.75, 3.05) is 13.1 Å². The number of terminal acetylenes is 1. The van der Waals surface area contributed by atoms with Crippen LogP contribution < -0.4 is 22.5 Å². The lowest BCUT2D eigenvalue weighted by Crippen LogP contribution is -2.38. The zero-order valence-corrected chi connectivity index (χ0v) is 8.57. The molecule has 0 saturated heterocycles. The van der Waals surface area contributed by atoms with Crippen molar-refractivity contribution >= 4 is 11.9 Å². The number of guanidine groups is 1. The minimum absolute atomic E-state index is 0.0539. The summed E-state index contributed by atoms with van der Waals surface area (Å²) in [5.41, 5.74) is 15.4. The van der Waals surface area contributed by atoms with E-state index in [4.69, 9.17) is 23.6 Å². The number of nitrogens with one attached hydrogen (secondary N) is 1. The van der Waals surface area contributed by atoms with Crippen LogP contribution in [0.2, 0.25) is 0 Å². The third-order valence-electron chi connectivity index (χ3n) is 1.67. The molecule has 0 bridgehead atoms. The standard InChI is InChI=1S/C9H17N5O/c1-2-7(14-8(15)6-10)4-3-5-13-9(11)12/h1,7H,3-6,10H2,(H,14,15)(H4,11,12,13). The molecule has 0 rings (SSSR count). The molecule has 0 heterocycles. The molecular weight excluding hydrogens is 194 g/mol. The second kappa shape index (κ2) is 7.64. The second-order valence-corrected chi connectivity index (χ2v) is 2.94. The minimum atomic E-state index is -0.310. The van der Waals surface area contributed by atoms with Gasteiger partial charge in [0.25, 0.3) is 0 Å². The molecule has 15 heavy (non-hydrogen) atoms. The van der Waals surface area contributed by atoms with Gasteiger partial charge in [-0.25, -0.2) is 0 Å². The Hall–Kier alpha value is -1.74. The van der Waals surface area contributed by atoms with Crippen molar-refractivity contribution in [2.24, 2.45) is 22.2 Å². The van der Waals surface area contributed by atoms with Crippen LogP contribution in [-0.2, 0) is 4.79 Å². The summed E-state index contributed by atoms with van der Waals surface area (Å²) < 4.78 is 0. The molecule has 0 radical (unpaired) electrons. The number of hydrogen-bond donors (Lipinski definition) is 4. The van der Waals surface area contributed by atoms with Crippen LogP contribution in [0.5, 0.6) is 0 Å². The highest BCUT2D eigenvalue weighted by molar-refractivity contribution is 5.78. The molecule has 0 saturated carbocycles. The smallest absolute Gasteiger partial charge is 0.234 e. The van der Waals surface area contributed by atoms with Crippen molar-refractivity contribution in [3.8, 4) is 12.3 Å². The first-order chi connectivity index (χ1) is 7.10. The fourth-order valence-corrected chi connectivity index (χ4v) is 0.954. The van der Waals surface area contributed by atoms with Crippen LogP contribution in [0.4, 0.5) is 0 Å². The number of carbonyl (C=O) groups excluding carboxylic acids is 1. The Kier molecular flexibility index (Phi) is 6.76. The molecule has 0 fully saturated rings. The molecule has 0 spiro atoms. The van der Waals surface area contributed by atoms with Crippen molar-refractivity contribution in [1.82, 2.24) is 5.32 Å². The lowest BCUT2D eigenvalue weighted by Gasteiger charge is -2.11. The normalized spacial score (nSPS) is 11.2. The van der Waals surface area contributed by atoms with Gasteiger partial charge in [-0.2, -0.15) is 0 Å². The first-order valence-corrected chi connectivity index (χ1v) is 4.61. The van der Waals surface area contributed by atoms with Crippen molar-refractivity contribution in [3.05, 3.63) is 0 Å². The maximum atomic E-state index is 10.9. The predicted molar refractivity (Wildman–Crippen MR) is 59.7 cm³/mol. The van der Waals surface area contributed by atoms with Crippen LogP contribution >= 0.6 is 0 Å². The van der Waals surface area contributed by atoms with E-state index in [0.29, 0.717) is 19.4 Å². The van der Waals surface area contributed by atoms with E-state index >= 15 is 0 Å². The highest BCUT2D eigenvalue weighted by atomic mass is 16.1. The zero-order valence-electron chi connectivity index (χ0n) is 8.57. The molecule has 0 aliphatic rings. The molecule has 6 heteroatoms. The average Bonchev–Trinajstić information content (AvgIpc) is 2.21. The van der Waals surface area contributed by atoms with Gasteiger partial charge >= 0.3 is 0 Å². The Bertz CT molecular complexity index is 264. The van der Waals surface area contributed by atoms with Gasteiger partial charge in [0.15, 0.2) is 5.96 Å². The maximum absolute atomic E-state index is 10.9. The Morgan fingerprint density at radius 3 is 2.67 bits per heavy atom. The molecule has 1 unspecified atom stereocenters. The first-order valence-electron chi connectivity index (χ1n) is 4.61. The van der Waals surface area contributed by atoms with Crippen LogP contribution in [0.25, 0.3) is 0 Å². The Labute approximate surface area is 89.3 Å². The van der Waals surface area contributed by atoms with Crippen molar-refractivity contribution < 1.29 is 4.79 Å². The summed E-state index contributed by atoms with van der Waals surface area (Å²) >= 11 is 0. The van der Waals surface area contributed by atoms with Gasteiger partial charge in [-0.15, -0.1) is 6.42 Å². The highest BCUT2D eigenvalue weighted by Crippen LogP contribution is 1.96. The molecule has 0 aromatic heterocycles. The third kappa shape index (κ3) is 7.34. The van der Waals surface area contributed by atoms with Crippen LogP contribution in [-0.4, -0.2) is 31.0 Å². The van der Waals surface area contributed by atoms with Crippen LogP contribution in [0.1, 0.15) is 12.8 Å². The van der Waals surface area contributed by atoms with Gasteiger partial charge in [-0.1, -0.05) is 5.92 Å². The second-order valence-electron chi connectivity index (χ2n) is 2.94. The van der Waals surface area contributed by atoms with Crippen molar-refractivity contribution in [1.29, 1.82) is 0 Å². The van der Waals surface area contributed by atoms with E-state index in [1.165, 1.54) is 0 Å². The predicted octanol–water partition coefficient (Wildman–Crippen LogP) is -1.88.